The van der Waals surface area contributed by atoms with Crippen LogP contribution < -0.4 is 0 Å². The molecule has 2 heteroatoms. The fourth-order valence-corrected chi connectivity index (χ4v) is 4.98. The summed E-state index contributed by atoms with van der Waals surface area (Å²) in [4.78, 5) is 0. The van der Waals surface area contributed by atoms with Gasteiger partial charge in [-0.15, -0.1) is 0 Å². The summed E-state index contributed by atoms with van der Waals surface area (Å²) in [5.74, 6) is 0. The van der Waals surface area contributed by atoms with Gasteiger partial charge in [-0.25, -0.2) is 0 Å². The highest BCUT2D eigenvalue weighted by Gasteiger charge is 2.54. The van der Waals surface area contributed by atoms with Crippen LogP contribution in [-0.2, 0) is 4.74 Å². The van der Waals surface area contributed by atoms with Crippen molar-refractivity contribution in [2.45, 2.75) is 109 Å². The maximum Gasteiger partial charge on any atom is 0.0854 e. The maximum absolute atomic E-state index is 5.81. The van der Waals surface area contributed by atoms with Crippen molar-refractivity contribution in [1.82, 2.24) is 0 Å². The Balaban J connectivity index is 1.84. The zero-order valence-corrected chi connectivity index (χ0v) is 15.6. The molecule has 1 nitrogen and oxygen atoms in total. The predicted octanol–water partition coefficient (Wildman–Crippen LogP) is 6.33. The molecule has 20 heavy (non-hydrogen) atoms. The minimum Gasteiger partial charge on any atom is -0.373 e. The van der Waals surface area contributed by atoms with Crippen molar-refractivity contribution >= 4 is 8.07 Å². The van der Waals surface area contributed by atoms with Crippen LogP contribution >= 0.6 is 0 Å². The van der Waals surface area contributed by atoms with Crippen molar-refractivity contribution in [3.8, 4) is 0 Å². The SMILES string of the molecule is CCCCCCCCCCCCCC1([Si](C)(C)C)CO1. The molecule has 1 atom stereocenters. The van der Waals surface area contributed by atoms with E-state index in [0.29, 0.717) is 5.22 Å². The van der Waals surface area contributed by atoms with E-state index in [2.05, 4.69) is 26.6 Å². The van der Waals surface area contributed by atoms with Gasteiger partial charge in [0.25, 0.3) is 0 Å². The average Bonchev–Trinajstić information content (AvgIpc) is 3.16. The van der Waals surface area contributed by atoms with Gasteiger partial charge in [0.1, 0.15) is 0 Å². The molecule has 0 aromatic heterocycles. The lowest BCUT2D eigenvalue weighted by atomic mass is 10.0. The highest BCUT2D eigenvalue weighted by Crippen LogP contribution is 2.41. The molecule has 1 rings (SSSR count). The molecular weight excluding hydrogens is 260 g/mol. The fraction of sp³-hybridized carbons (Fsp3) is 1.00. The van der Waals surface area contributed by atoms with E-state index in [1.165, 1.54) is 77.0 Å². The monoisotopic (exact) mass is 298 g/mol. The van der Waals surface area contributed by atoms with Crippen LogP contribution in [0.25, 0.3) is 0 Å². The fourth-order valence-electron chi connectivity index (χ4n) is 3.11. The van der Waals surface area contributed by atoms with Gasteiger partial charge in [0, 0.05) is 0 Å². The molecule has 0 aliphatic carbocycles. The largest absolute Gasteiger partial charge is 0.373 e. The van der Waals surface area contributed by atoms with Gasteiger partial charge in [-0.1, -0.05) is 97.2 Å². The third-order valence-corrected chi connectivity index (χ3v) is 8.32. The minimum atomic E-state index is -1.09. The number of ether oxygens (including phenoxy) is 1. The highest BCUT2D eigenvalue weighted by atomic mass is 28.3. The molecular formula is C18H38OSi. The van der Waals surface area contributed by atoms with E-state index < -0.39 is 8.07 Å². The van der Waals surface area contributed by atoms with Crippen molar-refractivity contribution < 1.29 is 4.74 Å². The molecule has 0 N–H and O–H groups in total. The second-order valence-corrected chi connectivity index (χ2v) is 13.2. The molecule has 1 aliphatic rings. The van der Waals surface area contributed by atoms with E-state index in [1.54, 1.807) is 0 Å². The van der Waals surface area contributed by atoms with Crippen molar-refractivity contribution in [2.24, 2.45) is 0 Å². The van der Waals surface area contributed by atoms with Gasteiger partial charge in [0.15, 0.2) is 0 Å². The molecule has 0 amide bonds. The predicted molar refractivity (Wildman–Crippen MR) is 93.1 cm³/mol. The van der Waals surface area contributed by atoms with Gasteiger partial charge in [0.05, 0.1) is 19.9 Å². The summed E-state index contributed by atoms with van der Waals surface area (Å²) in [5, 5.41) is 0.367. The second kappa shape index (κ2) is 9.25. The van der Waals surface area contributed by atoms with E-state index in [9.17, 15) is 0 Å². The van der Waals surface area contributed by atoms with Crippen molar-refractivity contribution in [1.29, 1.82) is 0 Å². The number of unbranched alkanes of at least 4 members (excludes halogenated alkanes) is 10. The van der Waals surface area contributed by atoms with E-state index in [1.807, 2.05) is 0 Å². The first-order valence-corrected chi connectivity index (χ1v) is 12.7. The number of epoxide rings is 1. The first-order valence-electron chi connectivity index (χ1n) is 9.16. The molecule has 0 aromatic rings. The van der Waals surface area contributed by atoms with Crippen molar-refractivity contribution in [3.63, 3.8) is 0 Å². The smallest absolute Gasteiger partial charge is 0.0854 e. The van der Waals surface area contributed by atoms with E-state index >= 15 is 0 Å². The Bertz CT molecular complexity index is 240. The average molecular weight is 299 g/mol. The third kappa shape index (κ3) is 6.75. The topological polar surface area (TPSA) is 12.5 Å². The Morgan fingerprint density at radius 2 is 1.15 bits per heavy atom. The molecule has 1 fully saturated rings. The van der Waals surface area contributed by atoms with Gasteiger partial charge < -0.3 is 4.74 Å². The van der Waals surface area contributed by atoms with Gasteiger partial charge in [-0.3, -0.25) is 0 Å². The van der Waals surface area contributed by atoms with E-state index in [0.717, 1.165) is 6.61 Å². The molecule has 0 aromatic carbocycles. The molecule has 1 heterocycles. The van der Waals surface area contributed by atoms with Crippen LogP contribution in [0.15, 0.2) is 0 Å². The zero-order valence-electron chi connectivity index (χ0n) is 14.6. The zero-order chi connectivity index (χ0) is 14.9. The summed E-state index contributed by atoms with van der Waals surface area (Å²) >= 11 is 0. The molecule has 1 aliphatic heterocycles. The molecule has 1 unspecified atom stereocenters. The maximum atomic E-state index is 5.81. The normalized spacial score (nSPS) is 22.2. The Morgan fingerprint density at radius 3 is 1.50 bits per heavy atom. The molecule has 0 saturated carbocycles. The van der Waals surface area contributed by atoms with Gasteiger partial charge in [0.2, 0.25) is 0 Å². The molecule has 0 spiro atoms. The van der Waals surface area contributed by atoms with Crippen LogP contribution in [0.2, 0.25) is 19.6 Å². The van der Waals surface area contributed by atoms with Crippen LogP contribution in [0.3, 0.4) is 0 Å². The Morgan fingerprint density at radius 1 is 0.750 bits per heavy atom. The van der Waals surface area contributed by atoms with Crippen molar-refractivity contribution in [2.75, 3.05) is 6.61 Å². The van der Waals surface area contributed by atoms with E-state index in [-0.39, 0.29) is 0 Å². The third-order valence-electron chi connectivity index (χ3n) is 5.04. The van der Waals surface area contributed by atoms with Crippen LogP contribution in [0.1, 0.15) is 84.0 Å². The number of rotatable bonds is 13. The van der Waals surface area contributed by atoms with Crippen LogP contribution in [0, 0.1) is 0 Å². The first-order chi connectivity index (χ1) is 9.52. The Hall–Kier alpha value is 0.177. The minimum absolute atomic E-state index is 0.367. The van der Waals surface area contributed by atoms with Crippen LogP contribution in [0.5, 0.6) is 0 Å². The first kappa shape index (κ1) is 18.2. The number of hydrogen-bond acceptors (Lipinski definition) is 1. The summed E-state index contributed by atoms with van der Waals surface area (Å²) in [6.45, 7) is 10.7. The molecule has 120 valence electrons. The Kier molecular flexibility index (Phi) is 8.43. The summed E-state index contributed by atoms with van der Waals surface area (Å²) in [5.41, 5.74) is 0. The summed E-state index contributed by atoms with van der Waals surface area (Å²) < 4.78 is 5.81. The lowest BCUT2D eigenvalue weighted by Gasteiger charge is -2.25. The molecule has 0 radical (unpaired) electrons. The quantitative estimate of drug-likeness (QED) is 0.220. The second-order valence-electron chi connectivity index (χ2n) is 7.82. The van der Waals surface area contributed by atoms with Gasteiger partial charge >= 0.3 is 0 Å². The summed E-state index contributed by atoms with van der Waals surface area (Å²) in [7, 11) is -1.09. The van der Waals surface area contributed by atoms with Crippen molar-refractivity contribution in [3.05, 3.63) is 0 Å². The highest BCUT2D eigenvalue weighted by molar-refractivity contribution is 6.79. The summed E-state index contributed by atoms with van der Waals surface area (Å²) in [6.07, 6.45) is 17.1. The Labute approximate surface area is 128 Å². The lowest BCUT2D eigenvalue weighted by molar-refractivity contribution is 0.346. The van der Waals surface area contributed by atoms with Crippen LogP contribution in [0.4, 0.5) is 0 Å². The standard InChI is InChI=1S/C18H38OSi/c1-5-6-7-8-9-10-11-12-13-14-15-16-18(17-19-18)20(2,3)4/h5-17H2,1-4H3. The molecule has 0 bridgehead atoms. The lowest BCUT2D eigenvalue weighted by Crippen LogP contribution is -2.41. The van der Waals surface area contributed by atoms with Gasteiger partial charge in [-0.2, -0.15) is 0 Å². The van der Waals surface area contributed by atoms with Gasteiger partial charge in [-0.05, 0) is 6.42 Å². The molecule has 1 saturated heterocycles. The summed E-state index contributed by atoms with van der Waals surface area (Å²) in [6, 6.07) is 0. The van der Waals surface area contributed by atoms with Crippen LogP contribution in [-0.4, -0.2) is 19.9 Å². The number of hydrogen-bond donors (Lipinski definition) is 0. The van der Waals surface area contributed by atoms with E-state index in [4.69, 9.17) is 4.74 Å².